The van der Waals surface area contributed by atoms with Gasteiger partial charge in [-0.1, -0.05) is 12.8 Å². The Morgan fingerprint density at radius 2 is 1.38 bits per heavy atom. The van der Waals surface area contributed by atoms with E-state index in [4.69, 9.17) is 10.2 Å². The summed E-state index contributed by atoms with van der Waals surface area (Å²) in [6.07, 6.45) is 6.13. The van der Waals surface area contributed by atoms with Gasteiger partial charge in [0, 0.05) is 19.1 Å². The molecule has 78 valence electrons. The van der Waals surface area contributed by atoms with E-state index in [0.717, 1.165) is 44.8 Å². The molecule has 0 unspecified atom stereocenters. The van der Waals surface area contributed by atoms with Gasteiger partial charge in [-0.25, -0.2) is 0 Å². The average molecular weight is 188 g/mol. The molecule has 0 spiro atoms. The molecule has 0 saturated heterocycles. The van der Waals surface area contributed by atoms with E-state index < -0.39 is 0 Å². The summed E-state index contributed by atoms with van der Waals surface area (Å²) in [5.41, 5.74) is 0. The number of aldehydes is 1. The molecule has 0 aliphatic rings. The molecule has 0 aromatic rings. The Bertz CT molecular complexity index is 105. The van der Waals surface area contributed by atoms with E-state index in [-0.39, 0.29) is 19.1 Å². The second kappa shape index (κ2) is 9.68. The molecule has 2 N–H and O–H groups in total. The monoisotopic (exact) mass is 188 g/mol. The van der Waals surface area contributed by atoms with Gasteiger partial charge in [-0.3, -0.25) is 0 Å². The van der Waals surface area contributed by atoms with Crippen molar-refractivity contribution in [2.75, 3.05) is 13.2 Å². The van der Waals surface area contributed by atoms with Crippen molar-refractivity contribution in [3.63, 3.8) is 0 Å². The van der Waals surface area contributed by atoms with Crippen molar-refractivity contribution in [2.45, 2.75) is 38.5 Å². The third-order valence-electron chi connectivity index (χ3n) is 2.16. The number of hydrogen-bond acceptors (Lipinski definition) is 3. The smallest absolute Gasteiger partial charge is 0.123 e. The molecule has 0 aliphatic heterocycles. The molecule has 3 heteroatoms. The zero-order valence-corrected chi connectivity index (χ0v) is 8.11. The number of unbranched alkanes of at least 4 members (excludes halogenated alkanes) is 2. The molecule has 0 aliphatic carbocycles. The molecule has 0 rings (SSSR count). The maximum Gasteiger partial charge on any atom is 0.123 e. The minimum Gasteiger partial charge on any atom is -0.396 e. The van der Waals surface area contributed by atoms with Crippen LogP contribution in [0.2, 0.25) is 0 Å². The van der Waals surface area contributed by atoms with Crippen LogP contribution in [-0.4, -0.2) is 29.7 Å². The maximum atomic E-state index is 10.6. The Morgan fingerprint density at radius 3 is 1.69 bits per heavy atom. The van der Waals surface area contributed by atoms with Gasteiger partial charge in [0.2, 0.25) is 0 Å². The van der Waals surface area contributed by atoms with Crippen LogP contribution in [0.5, 0.6) is 0 Å². The third-order valence-corrected chi connectivity index (χ3v) is 2.16. The highest BCUT2D eigenvalue weighted by Gasteiger charge is 2.05. The molecular formula is C10H20O3. The average Bonchev–Trinajstić information content (AvgIpc) is 2.16. The molecule has 0 bridgehead atoms. The summed E-state index contributed by atoms with van der Waals surface area (Å²) in [5, 5.41) is 17.1. The lowest BCUT2D eigenvalue weighted by atomic mass is 9.97. The van der Waals surface area contributed by atoms with Crippen LogP contribution in [0.1, 0.15) is 38.5 Å². The van der Waals surface area contributed by atoms with Gasteiger partial charge in [-0.05, 0) is 25.7 Å². The van der Waals surface area contributed by atoms with Crippen molar-refractivity contribution in [3.05, 3.63) is 0 Å². The summed E-state index contributed by atoms with van der Waals surface area (Å²) in [6.45, 7) is 0.421. The number of aliphatic hydroxyl groups is 2. The lowest BCUT2D eigenvalue weighted by Crippen LogP contribution is -2.03. The van der Waals surface area contributed by atoms with Crippen LogP contribution in [0.15, 0.2) is 0 Å². The van der Waals surface area contributed by atoms with Crippen LogP contribution in [-0.2, 0) is 4.79 Å². The normalized spacial score (nSPS) is 10.7. The molecule has 0 saturated carbocycles. The number of carbonyl (C=O) groups is 1. The van der Waals surface area contributed by atoms with Crippen molar-refractivity contribution in [1.29, 1.82) is 0 Å². The molecule has 13 heavy (non-hydrogen) atoms. The summed E-state index contributed by atoms with van der Waals surface area (Å²) in [6, 6.07) is 0. The van der Waals surface area contributed by atoms with Gasteiger partial charge in [0.05, 0.1) is 0 Å². The lowest BCUT2D eigenvalue weighted by molar-refractivity contribution is -0.111. The summed E-state index contributed by atoms with van der Waals surface area (Å²) in [5.74, 6) is 0.123. The fourth-order valence-corrected chi connectivity index (χ4v) is 1.32. The van der Waals surface area contributed by atoms with E-state index in [1.807, 2.05) is 0 Å². The first kappa shape index (κ1) is 12.6. The number of aliphatic hydroxyl groups excluding tert-OH is 2. The van der Waals surface area contributed by atoms with Crippen LogP contribution in [0.4, 0.5) is 0 Å². The highest BCUT2D eigenvalue weighted by atomic mass is 16.3. The molecule has 0 radical (unpaired) electrons. The summed E-state index contributed by atoms with van der Waals surface area (Å²) in [4.78, 5) is 10.6. The second-order valence-corrected chi connectivity index (χ2v) is 3.33. The predicted molar refractivity (Wildman–Crippen MR) is 51.4 cm³/mol. The van der Waals surface area contributed by atoms with Crippen molar-refractivity contribution >= 4 is 6.29 Å². The van der Waals surface area contributed by atoms with E-state index in [1.165, 1.54) is 0 Å². The lowest BCUT2D eigenvalue weighted by Gasteiger charge is -2.08. The zero-order valence-electron chi connectivity index (χ0n) is 8.11. The van der Waals surface area contributed by atoms with Gasteiger partial charge < -0.3 is 15.0 Å². The SMILES string of the molecule is O=CC(CCCCO)CCCCO. The van der Waals surface area contributed by atoms with Gasteiger partial charge in [0.1, 0.15) is 6.29 Å². The molecule has 0 aromatic carbocycles. The Kier molecular flexibility index (Phi) is 9.37. The molecule has 3 nitrogen and oxygen atoms in total. The molecule has 0 amide bonds. The summed E-state index contributed by atoms with van der Waals surface area (Å²) in [7, 11) is 0. The summed E-state index contributed by atoms with van der Waals surface area (Å²) >= 11 is 0. The van der Waals surface area contributed by atoms with Gasteiger partial charge in [0.25, 0.3) is 0 Å². The number of hydrogen-bond donors (Lipinski definition) is 2. The first-order valence-electron chi connectivity index (χ1n) is 5.02. The Hall–Kier alpha value is -0.410. The van der Waals surface area contributed by atoms with Crippen LogP contribution in [0, 0.1) is 5.92 Å². The predicted octanol–water partition coefficient (Wildman–Crippen LogP) is 1.13. The van der Waals surface area contributed by atoms with E-state index in [9.17, 15) is 4.79 Å². The highest BCUT2D eigenvalue weighted by Crippen LogP contribution is 2.13. The first-order chi connectivity index (χ1) is 6.35. The fourth-order valence-electron chi connectivity index (χ4n) is 1.32. The topological polar surface area (TPSA) is 57.5 Å². The molecule has 0 heterocycles. The van der Waals surface area contributed by atoms with Crippen molar-refractivity contribution in [2.24, 2.45) is 5.92 Å². The molecule has 0 fully saturated rings. The van der Waals surface area contributed by atoms with Crippen LogP contribution >= 0.6 is 0 Å². The van der Waals surface area contributed by atoms with E-state index in [1.54, 1.807) is 0 Å². The van der Waals surface area contributed by atoms with Gasteiger partial charge in [0.15, 0.2) is 0 Å². The van der Waals surface area contributed by atoms with Gasteiger partial charge >= 0.3 is 0 Å². The quantitative estimate of drug-likeness (QED) is 0.421. The number of carbonyl (C=O) groups excluding carboxylic acids is 1. The van der Waals surface area contributed by atoms with Gasteiger partial charge in [-0.15, -0.1) is 0 Å². The van der Waals surface area contributed by atoms with Crippen molar-refractivity contribution < 1.29 is 15.0 Å². The van der Waals surface area contributed by atoms with Crippen LogP contribution in [0.3, 0.4) is 0 Å². The maximum absolute atomic E-state index is 10.6. The number of rotatable bonds is 9. The standard InChI is InChI=1S/C10H20O3/c11-7-3-1-5-10(9-13)6-2-4-8-12/h9-12H,1-8H2. The van der Waals surface area contributed by atoms with Gasteiger partial charge in [-0.2, -0.15) is 0 Å². The Morgan fingerprint density at radius 1 is 0.923 bits per heavy atom. The van der Waals surface area contributed by atoms with E-state index in [0.29, 0.717) is 0 Å². The van der Waals surface area contributed by atoms with Crippen molar-refractivity contribution in [1.82, 2.24) is 0 Å². The molecule has 0 aromatic heterocycles. The van der Waals surface area contributed by atoms with E-state index in [2.05, 4.69) is 0 Å². The Labute approximate surface area is 79.8 Å². The first-order valence-corrected chi connectivity index (χ1v) is 5.02. The fraction of sp³-hybridized carbons (Fsp3) is 0.900. The second-order valence-electron chi connectivity index (χ2n) is 3.33. The third kappa shape index (κ3) is 7.94. The van der Waals surface area contributed by atoms with Crippen molar-refractivity contribution in [3.8, 4) is 0 Å². The minimum absolute atomic E-state index is 0.123. The summed E-state index contributed by atoms with van der Waals surface area (Å²) < 4.78 is 0. The Balaban J connectivity index is 3.34. The zero-order chi connectivity index (χ0) is 9.94. The van der Waals surface area contributed by atoms with Crippen LogP contribution in [0.25, 0.3) is 0 Å². The molecular weight excluding hydrogens is 168 g/mol. The highest BCUT2D eigenvalue weighted by molar-refractivity contribution is 5.53. The largest absolute Gasteiger partial charge is 0.396 e. The minimum atomic E-state index is 0.123. The van der Waals surface area contributed by atoms with E-state index >= 15 is 0 Å². The molecule has 0 atom stereocenters. The van der Waals surface area contributed by atoms with Crippen LogP contribution < -0.4 is 0 Å².